The van der Waals surface area contributed by atoms with Crippen LogP contribution in [-0.4, -0.2) is 67.0 Å². The minimum absolute atomic E-state index is 0.0357. The summed E-state index contributed by atoms with van der Waals surface area (Å²) in [4.78, 5) is 35.2. The van der Waals surface area contributed by atoms with Crippen LogP contribution < -0.4 is 4.74 Å². The SMILES string of the molecule is CC(C)(C)OC=O.CN1CCC2(CC1)CC(=O)c1c(C=O)cccc1O2.CO. The van der Waals surface area contributed by atoms with Crippen molar-refractivity contribution in [3.63, 3.8) is 0 Å². The highest BCUT2D eigenvalue weighted by molar-refractivity contribution is 6.06. The predicted octanol–water partition coefficient (Wildman–Crippen LogP) is 2.50. The molecule has 0 saturated carbocycles. The standard InChI is InChI=1S/C15H17NO3.C5H10O2.CH4O/c1-16-7-5-15(6-8-16)9-12(18)14-11(10-17)3-2-4-13(14)19-15;1-5(2,3)7-4-6;1-2/h2-4,10H,5-9H2,1H3;4H,1-3H3;2H,1H3. The van der Waals surface area contributed by atoms with Crippen molar-refractivity contribution in [3.8, 4) is 5.75 Å². The van der Waals surface area contributed by atoms with Crippen LogP contribution in [0, 0.1) is 0 Å². The summed E-state index contributed by atoms with van der Waals surface area (Å²) in [6, 6.07) is 5.23. The van der Waals surface area contributed by atoms with Gasteiger partial charge in [-0.3, -0.25) is 14.4 Å². The van der Waals surface area contributed by atoms with Crippen LogP contribution in [0.25, 0.3) is 0 Å². The molecule has 1 aromatic rings. The Labute approximate surface area is 166 Å². The summed E-state index contributed by atoms with van der Waals surface area (Å²) in [5.74, 6) is 0.610. The third-order valence-electron chi connectivity index (χ3n) is 4.57. The Bertz CT molecular complexity index is 672. The van der Waals surface area contributed by atoms with Crippen LogP contribution in [0.5, 0.6) is 5.75 Å². The lowest BCUT2D eigenvalue weighted by atomic mass is 9.81. The second kappa shape index (κ2) is 10.3. The van der Waals surface area contributed by atoms with Gasteiger partial charge in [-0.1, -0.05) is 12.1 Å². The molecular weight excluding hydrogens is 362 g/mol. The zero-order chi connectivity index (χ0) is 21.4. The lowest BCUT2D eigenvalue weighted by Gasteiger charge is -2.43. The van der Waals surface area contributed by atoms with E-state index in [9.17, 15) is 14.4 Å². The number of benzene rings is 1. The van der Waals surface area contributed by atoms with Gasteiger partial charge in [0.1, 0.15) is 17.0 Å². The van der Waals surface area contributed by atoms with Crippen molar-refractivity contribution in [2.24, 2.45) is 0 Å². The number of likely N-dealkylation sites (tertiary alicyclic amines) is 1. The second-order valence-electron chi connectivity index (χ2n) is 7.85. The molecule has 2 aliphatic rings. The van der Waals surface area contributed by atoms with E-state index in [1.54, 1.807) is 18.2 Å². The van der Waals surface area contributed by atoms with Crippen molar-refractivity contribution in [1.29, 1.82) is 0 Å². The second-order valence-corrected chi connectivity index (χ2v) is 7.85. The maximum absolute atomic E-state index is 12.4. The van der Waals surface area contributed by atoms with E-state index in [-0.39, 0.29) is 17.0 Å². The number of rotatable bonds is 2. The monoisotopic (exact) mass is 393 g/mol. The smallest absolute Gasteiger partial charge is 0.293 e. The van der Waals surface area contributed by atoms with Crippen molar-refractivity contribution in [2.45, 2.75) is 51.2 Å². The quantitative estimate of drug-likeness (QED) is 0.772. The Hall–Kier alpha value is -2.25. The first kappa shape index (κ1) is 23.8. The lowest BCUT2D eigenvalue weighted by Crippen LogP contribution is -2.50. The topological polar surface area (TPSA) is 93.1 Å². The normalized spacial score (nSPS) is 17.7. The number of aldehydes is 1. The zero-order valence-corrected chi connectivity index (χ0v) is 17.4. The van der Waals surface area contributed by atoms with Crippen LogP contribution in [0.4, 0.5) is 0 Å². The molecule has 156 valence electrons. The summed E-state index contributed by atoms with van der Waals surface area (Å²) in [6.07, 6.45) is 2.84. The molecule has 28 heavy (non-hydrogen) atoms. The highest BCUT2D eigenvalue weighted by Crippen LogP contribution is 2.39. The summed E-state index contributed by atoms with van der Waals surface area (Å²) in [7, 11) is 3.08. The van der Waals surface area contributed by atoms with E-state index in [2.05, 4.69) is 16.7 Å². The van der Waals surface area contributed by atoms with Gasteiger partial charge in [0.15, 0.2) is 12.1 Å². The molecule has 2 aliphatic heterocycles. The number of carbonyl (C=O) groups is 3. The molecule has 1 N–H and O–H groups in total. The van der Waals surface area contributed by atoms with Gasteiger partial charge in [0, 0.05) is 38.6 Å². The molecule has 0 radical (unpaired) electrons. The van der Waals surface area contributed by atoms with Gasteiger partial charge < -0.3 is 19.5 Å². The first-order chi connectivity index (χ1) is 13.2. The van der Waals surface area contributed by atoms with Gasteiger partial charge in [-0.2, -0.15) is 0 Å². The molecule has 7 nitrogen and oxygen atoms in total. The molecule has 1 aromatic carbocycles. The first-order valence-corrected chi connectivity index (χ1v) is 9.25. The Morgan fingerprint density at radius 2 is 1.79 bits per heavy atom. The molecule has 0 amide bonds. The number of nitrogens with zero attached hydrogens (tertiary/aromatic N) is 1. The molecule has 0 unspecified atom stereocenters. The number of aliphatic hydroxyl groups excluding tert-OH is 1. The number of Topliss-reactive ketones (excluding diaryl/α,β-unsaturated/α-hetero) is 1. The fraction of sp³-hybridized carbons (Fsp3) is 0.571. The number of hydrogen-bond acceptors (Lipinski definition) is 7. The molecule has 1 spiro atoms. The Morgan fingerprint density at radius 3 is 2.25 bits per heavy atom. The number of aliphatic hydroxyl groups is 1. The average molecular weight is 393 g/mol. The molecule has 3 rings (SSSR count). The predicted molar refractivity (Wildman–Crippen MR) is 106 cm³/mol. The van der Waals surface area contributed by atoms with E-state index in [1.165, 1.54) is 0 Å². The number of carbonyl (C=O) groups excluding carboxylic acids is 3. The summed E-state index contributed by atoms with van der Waals surface area (Å²) >= 11 is 0. The van der Waals surface area contributed by atoms with E-state index in [4.69, 9.17) is 9.84 Å². The Morgan fingerprint density at radius 1 is 1.18 bits per heavy atom. The number of ether oxygens (including phenoxy) is 2. The summed E-state index contributed by atoms with van der Waals surface area (Å²) < 4.78 is 10.7. The minimum atomic E-state index is -0.363. The molecule has 1 fully saturated rings. The molecule has 1 saturated heterocycles. The van der Waals surface area contributed by atoms with Crippen molar-refractivity contribution in [2.75, 3.05) is 27.2 Å². The summed E-state index contributed by atoms with van der Waals surface area (Å²) in [6.45, 7) is 7.80. The third kappa shape index (κ3) is 6.42. The van der Waals surface area contributed by atoms with Gasteiger partial charge in [0.05, 0.1) is 12.0 Å². The third-order valence-corrected chi connectivity index (χ3v) is 4.57. The van der Waals surface area contributed by atoms with E-state index < -0.39 is 0 Å². The van der Waals surface area contributed by atoms with E-state index in [1.807, 2.05) is 20.8 Å². The van der Waals surface area contributed by atoms with Crippen LogP contribution in [0.15, 0.2) is 18.2 Å². The van der Waals surface area contributed by atoms with Crippen LogP contribution >= 0.6 is 0 Å². The number of piperidine rings is 1. The molecule has 2 heterocycles. The maximum Gasteiger partial charge on any atom is 0.293 e. The van der Waals surface area contributed by atoms with Crippen molar-refractivity contribution in [3.05, 3.63) is 29.3 Å². The van der Waals surface area contributed by atoms with Crippen molar-refractivity contribution in [1.82, 2.24) is 4.90 Å². The summed E-state index contributed by atoms with van der Waals surface area (Å²) in [5, 5.41) is 7.00. The van der Waals surface area contributed by atoms with Gasteiger partial charge in [0.2, 0.25) is 0 Å². The molecule has 0 aliphatic carbocycles. The molecule has 0 bridgehead atoms. The van der Waals surface area contributed by atoms with Gasteiger partial charge in [-0.25, -0.2) is 0 Å². The van der Waals surface area contributed by atoms with E-state index >= 15 is 0 Å². The van der Waals surface area contributed by atoms with Crippen LogP contribution in [0.2, 0.25) is 0 Å². The molecular formula is C21H31NO6. The fourth-order valence-corrected chi connectivity index (χ4v) is 3.13. The largest absolute Gasteiger partial charge is 0.486 e. The Kier molecular flexibility index (Phi) is 8.78. The lowest BCUT2D eigenvalue weighted by molar-refractivity contribution is -0.138. The average Bonchev–Trinajstić information content (AvgIpc) is 2.65. The van der Waals surface area contributed by atoms with Crippen LogP contribution in [-0.2, 0) is 9.53 Å². The number of fused-ring (bicyclic) bond motifs is 1. The van der Waals surface area contributed by atoms with Gasteiger partial charge in [-0.15, -0.1) is 0 Å². The number of hydrogen-bond donors (Lipinski definition) is 1. The Balaban J connectivity index is 0.000000372. The first-order valence-electron chi connectivity index (χ1n) is 9.25. The van der Waals surface area contributed by atoms with E-state index in [0.717, 1.165) is 39.3 Å². The van der Waals surface area contributed by atoms with Gasteiger partial charge in [-0.05, 0) is 33.9 Å². The highest BCUT2D eigenvalue weighted by atomic mass is 16.5. The number of ketones is 1. The van der Waals surface area contributed by atoms with Crippen molar-refractivity contribution >= 4 is 18.5 Å². The van der Waals surface area contributed by atoms with Gasteiger partial charge in [0.25, 0.3) is 6.47 Å². The molecule has 7 heteroatoms. The highest BCUT2D eigenvalue weighted by Gasteiger charge is 2.42. The van der Waals surface area contributed by atoms with E-state index in [0.29, 0.717) is 29.8 Å². The zero-order valence-electron chi connectivity index (χ0n) is 17.4. The van der Waals surface area contributed by atoms with Crippen molar-refractivity contribution < 1.29 is 29.0 Å². The minimum Gasteiger partial charge on any atom is -0.486 e. The van der Waals surface area contributed by atoms with Crippen LogP contribution in [0.1, 0.15) is 60.7 Å². The molecule has 0 aromatic heterocycles. The van der Waals surface area contributed by atoms with Gasteiger partial charge >= 0.3 is 0 Å². The van der Waals surface area contributed by atoms with Crippen LogP contribution in [0.3, 0.4) is 0 Å². The molecule has 0 atom stereocenters. The maximum atomic E-state index is 12.4. The summed E-state index contributed by atoms with van der Waals surface area (Å²) in [5.41, 5.74) is 0.215. The fourth-order valence-electron chi connectivity index (χ4n) is 3.13.